The average Bonchev–Trinajstić information content (AvgIpc) is 3.32. The van der Waals surface area contributed by atoms with Crippen LogP contribution in [-0.2, 0) is 10.3 Å². The number of nitrogens with zero attached hydrogens (tertiary/aromatic N) is 1. The molecule has 1 saturated carbocycles. The highest BCUT2D eigenvalue weighted by molar-refractivity contribution is 5.90. The molecule has 0 spiro atoms. The van der Waals surface area contributed by atoms with E-state index in [1.54, 1.807) is 0 Å². The number of urea groups is 1. The van der Waals surface area contributed by atoms with Gasteiger partial charge in [-0.05, 0) is 25.0 Å². The van der Waals surface area contributed by atoms with Crippen molar-refractivity contribution in [3.05, 3.63) is 53.4 Å². The van der Waals surface area contributed by atoms with Gasteiger partial charge in [0.1, 0.15) is 40.2 Å². The van der Waals surface area contributed by atoms with Crippen LogP contribution in [0.5, 0.6) is 11.5 Å². The predicted octanol–water partition coefficient (Wildman–Crippen LogP) is 3.58. The standard InChI is InChI=1S/C23H19F5N4O5/c1-35-11-6-13(24)17(14(25)7-11)12-9-29-19(33)18(12)31-21(34)32-22(4-5-22)20-30-15-8-10(37-23(26,27)28)2-3-16(15)36-20/h2-3,6-8,12,18H,4-5,9H2,1H3,(H,29,33)(H2,31,32,34)/t12-,18-/m0/s1. The number of fused-ring (bicyclic) bond motifs is 1. The Morgan fingerprint density at radius 2 is 1.86 bits per heavy atom. The fraction of sp³-hybridized carbons (Fsp3) is 0.348. The summed E-state index contributed by atoms with van der Waals surface area (Å²) in [6.07, 6.45) is -4.07. The van der Waals surface area contributed by atoms with Gasteiger partial charge in [0, 0.05) is 36.2 Å². The lowest BCUT2D eigenvalue weighted by atomic mass is 9.93. The molecule has 9 nitrogen and oxygen atoms in total. The van der Waals surface area contributed by atoms with E-state index in [2.05, 4.69) is 25.7 Å². The molecule has 0 unspecified atom stereocenters. The second kappa shape index (κ2) is 8.78. The summed E-state index contributed by atoms with van der Waals surface area (Å²) < 4.78 is 81.1. The number of alkyl halides is 3. The average molecular weight is 526 g/mol. The molecule has 1 aromatic heterocycles. The van der Waals surface area contributed by atoms with Crippen molar-refractivity contribution in [3.8, 4) is 11.5 Å². The van der Waals surface area contributed by atoms with Gasteiger partial charge in [-0.1, -0.05) is 0 Å². The van der Waals surface area contributed by atoms with E-state index in [9.17, 15) is 31.5 Å². The zero-order valence-corrected chi connectivity index (χ0v) is 19.0. The molecule has 1 saturated heterocycles. The minimum absolute atomic E-state index is 0.0376. The Balaban J connectivity index is 1.32. The van der Waals surface area contributed by atoms with Gasteiger partial charge in [0.05, 0.1) is 7.11 Å². The van der Waals surface area contributed by atoms with Crippen LogP contribution in [-0.4, -0.2) is 43.0 Å². The number of rotatable bonds is 6. The highest BCUT2D eigenvalue weighted by Gasteiger charge is 2.51. The highest BCUT2D eigenvalue weighted by Crippen LogP contribution is 2.46. The van der Waals surface area contributed by atoms with Crippen molar-refractivity contribution in [3.63, 3.8) is 0 Å². The smallest absolute Gasteiger partial charge is 0.497 e. The summed E-state index contributed by atoms with van der Waals surface area (Å²) in [6.45, 7) is -0.109. The summed E-state index contributed by atoms with van der Waals surface area (Å²) in [4.78, 5) is 29.4. The first-order valence-corrected chi connectivity index (χ1v) is 11.0. The number of carbonyl (C=O) groups is 2. The third-order valence-electron chi connectivity index (χ3n) is 6.23. The number of halogens is 5. The number of hydrogen-bond acceptors (Lipinski definition) is 6. The third-order valence-corrected chi connectivity index (χ3v) is 6.23. The molecule has 0 radical (unpaired) electrons. The maximum atomic E-state index is 14.6. The molecule has 3 amide bonds. The maximum absolute atomic E-state index is 14.6. The molecule has 2 atom stereocenters. The minimum atomic E-state index is -4.88. The molecule has 2 aromatic carbocycles. The first kappa shape index (κ1) is 24.6. The van der Waals surface area contributed by atoms with Gasteiger partial charge in [-0.25, -0.2) is 18.6 Å². The fourth-order valence-corrected chi connectivity index (χ4v) is 4.31. The normalized spacial score (nSPS) is 20.4. The van der Waals surface area contributed by atoms with E-state index < -0.39 is 53.2 Å². The van der Waals surface area contributed by atoms with E-state index in [1.807, 2.05) is 0 Å². The number of methoxy groups -OCH3 is 1. The van der Waals surface area contributed by atoms with Crippen molar-refractivity contribution in [2.24, 2.45) is 0 Å². The monoisotopic (exact) mass is 526 g/mol. The van der Waals surface area contributed by atoms with Gasteiger partial charge in [-0.3, -0.25) is 4.79 Å². The van der Waals surface area contributed by atoms with Crippen molar-refractivity contribution in [2.75, 3.05) is 13.7 Å². The number of oxazole rings is 1. The Morgan fingerprint density at radius 1 is 1.16 bits per heavy atom. The van der Waals surface area contributed by atoms with Gasteiger partial charge in [-0.15, -0.1) is 13.2 Å². The van der Waals surface area contributed by atoms with E-state index in [0.717, 1.165) is 24.3 Å². The SMILES string of the molecule is COc1cc(F)c([C@@H]2CNC(=O)[C@H]2NC(=O)NC2(c3nc4cc(OC(F)(F)F)ccc4o3)CC2)c(F)c1. The van der Waals surface area contributed by atoms with Crippen LogP contribution in [0.15, 0.2) is 34.7 Å². The third kappa shape index (κ3) is 4.82. The first-order valence-electron chi connectivity index (χ1n) is 11.0. The lowest BCUT2D eigenvalue weighted by Gasteiger charge is -2.22. The van der Waals surface area contributed by atoms with Crippen LogP contribution in [0.3, 0.4) is 0 Å². The van der Waals surface area contributed by atoms with Crippen LogP contribution in [0.1, 0.15) is 30.2 Å². The Labute approximate surface area is 205 Å². The van der Waals surface area contributed by atoms with Crippen LogP contribution < -0.4 is 25.4 Å². The molecule has 2 heterocycles. The maximum Gasteiger partial charge on any atom is 0.573 e. The summed E-state index contributed by atoms with van der Waals surface area (Å²) in [5.41, 5.74) is -1.17. The Bertz CT molecular complexity index is 1360. The molecule has 37 heavy (non-hydrogen) atoms. The van der Waals surface area contributed by atoms with Gasteiger partial charge in [0.15, 0.2) is 5.58 Å². The number of benzene rings is 2. The molecule has 14 heteroatoms. The zero-order valence-electron chi connectivity index (χ0n) is 19.0. The second-order valence-electron chi connectivity index (χ2n) is 8.71. The molecule has 5 rings (SSSR count). The quantitative estimate of drug-likeness (QED) is 0.423. The molecule has 3 aromatic rings. The largest absolute Gasteiger partial charge is 0.573 e. The van der Waals surface area contributed by atoms with Gasteiger partial charge >= 0.3 is 12.4 Å². The molecule has 1 aliphatic heterocycles. The predicted molar refractivity (Wildman–Crippen MR) is 116 cm³/mol. The van der Waals surface area contributed by atoms with Crippen LogP contribution >= 0.6 is 0 Å². The molecule has 1 aliphatic carbocycles. The summed E-state index contributed by atoms with van der Waals surface area (Å²) in [5.74, 6) is -3.97. The summed E-state index contributed by atoms with van der Waals surface area (Å²) in [7, 11) is 1.25. The van der Waals surface area contributed by atoms with Gasteiger partial charge in [0.2, 0.25) is 11.8 Å². The van der Waals surface area contributed by atoms with E-state index >= 15 is 0 Å². The van der Waals surface area contributed by atoms with Gasteiger partial charge in [-0.2, -0.15) is 0 Å². The van der Waals surface area contributed by atoms with E-state index in [-0.39, 0.29) is 34.8 Å². The molecule has 0 bridgehead atoms. The summed E-state index contributed by atoms with van der Waals surface area (Å²) >= 11 is 0. The number of ether oxygens (including phenoxy) is 2. The van der Waals surface area contributed by atoms with Crippen molar-refractivity contribution in [1.82, 2.24) is 20.9 Å². The molecular weight excluding hydrogens is 507 g/mol. The van der Waals surface area contributed by atoms with Gasteiger partial charge < -0.3 is 29.8 Å². The van der Waals surface area contributed by atoms with Crippen LogP contribution in [0.25, 0.3) is 11.1 Å². The number of hydrogen-bond donors (Lipinski definition) is 3. The Morgan fingerprint density at radius 3 is 2.49 bits per heavy atom. The topological polar surface area (TPSA) is 115 Å². The number of carbonyl (C=O) groups excluding carboxylic acids is 2. The Kier molecular flexibility index (Phi) is 5.83. The summed E-state index contributed by atoms with van der Waals surface area (Å²) in [5, 5.41) is 7.60. The van der Waals surface area contributed by atoms with Crippen molar-refractivity contribution >= 4 is 23.0 Å². The van der Waals surface area contributed by atoms with E-state index in [1.165, 1.54) is 13.2 Å². The second-order valence-corrected chi connectivity index (χ2v) is 8.71. The number of amides is 3. The Hall–Kier alpha value is -4.10. The lowest BCUT2D eigenvalue weighted by molar-refractivity contribution is -0.274. The van der Waals surface area contributed by atoms with Crippen molar-refractivity contribution in [1.29, 1.82) is 0 Å². The zero-order chi connectivity index (χ0) is 26.5. The van der Waals surface area contributed by atoms with Crippen LogP contribution in [0.4, 0.5) is 26.7 Å². The molecule has 2 fully saturated rings. The van der Waals surface area contributed by atoms with E-state index in [4.69, 9.17) is 9.15 Å². The number of nitrogens with one attached hydrogen (secondary N) is 3. The van der Waals surface area contributed by atoms with Gasteiger partial charge in [0.25, 0.3) is 0 Å². The number of aromatic nitrogens is 1. The molecule has 2 aliphatic rings. The van der Waals surface area contributed by atoms with Crippen molar-refractivity contribution in [2.45, 2.75) is 36.7 Å². The van der Waals surface area contributed by atoms with Crippen LogP contribution in [0.2, 0.25) is 0 Å². The highest BCUT2D eigenvalue weighted by atomic mass is 19.4. The van der Waals surface area contributed by atoms with E-state index in [0.29, 0.717) is 12.8 Å². The molecular formula is C23H19F5N4O5. The molecule has 3 N–H and O–H groups in total. The lowest BCUT2D eigenvalue weighted by Crippen LogP contribution is -2.50. The first-order chi connectivity index (χ1) is 17.5. The molecule has 196 valence electrons. The fourth-order valence-electron chi connectivity index (χ4n) is 4.31. The minimum Gasteiger partial charge on any atom is -0.497 e. The van der Waals surface area contributed by atoms with Crippen LogP contribution in [0, 0.1) is 11.6 Å². The summed E-state index contributed by atoms with van der Waals surface area (Å²) in [6, 6.07) is 3.25. The van der Waals surface area contributed by atoms with Crippen molar-refractivity contribution < 1.29 is 45.4 Å².